The molecule has 3 aliphatic rings. The number of aliphatic hydroxyl groups is 3. The molecular formula is C25H26N2O8. The smallest absolute Gasteiger partial charge is 0.230 e. The second-order valence-corrected chi connectivity index (χ2v) is 9.79. The maximum atomic E-state index is 13.6. The Morgan fingerprint density at radius 1 is 1.20 bits per heavy atom. The molecule has 3 aliphatic carbocycles. The van der Waals surface area contributed by atoms with Crippen molar-refractivity contribution in [2.75, 3.05) is 14.1 Å². The third-order valence-electron chi connectivity index (χ3n) is 7.81. The number of nitrogens with zero attached hydrogens (tertiary/aromatic N) is 1. The number of hydrogen-bond acceptors (Lipinski definition) is 9. The van der Waals surface area contributed by atoms with E-state index in [4.69, 9.17) is 10.2 Å². The van der Waals surface area contributed by atoms with Crippen LogP contribution in [0.1, 0.15) is 22.3 Å². The number of amides is 1. The van der Waals surface area contributed by atoms with Crippen molar-refractivity contribution in [2.45, 2.75) is 30.6 Å². The molecule has 1 aromatic carbocycles. The third-order valence-corrected chi connectivity index (χ3v) is 7.81. The number of likely N-dealkylation sites (N-methyl/N-ethyl adjacent to an activating group) is 1. The minimum absolute atomic E-state index is 0.0255. The van der Waals surface area contributed by atoms with Gasteiger partial charge >= 0.3 is 0 Å². The van der Waals surface area contributed by atoms with E-state index in [2.05, 4.69) is 0 Å². The summed E-state index contributed by atoms with van der Waals surface area (Å²) in [6.07, 6.45) is 1.79. The van der Waals surface area contributed by atoms with E-state index in [1.165, 1.54) is 18.6 Å². The molecule has 5 rings (SSSR count). The molecule has 2 aromatic rings. The third kappa shape index (κ3) is 3.03. The highest BCUT2D eigenvalue weighted by atomic mass is 16.4. The molecule has 6 N–H and O–H groups in total. The van der Waals surface area contributed by atoms with Crippen molar-refractivity contribution in [3.05, 3.63) is 53.2 Å². The van der Waals surface area contributed by atoms with E-state index in [9.17, 15) is 34.8 Å². The number of fused-ring (bicyclic) bond motifs is 3. The monoisotopic (exact) mass is 482 g/mol. The topological polar surface area (TPSA) is 175 Å². The molecule has 1 heterocycles. The van der Waals surface area contributed by atoms with Gasteiger partial charge in [-0.25, -0.2) is 0 Å². The lowest BCUT2D eigenvalue weighted by Gasteiger charge is -2.53. The van der Waals surface area contributed by atoms with E-state index in [-0.39, 0.29) is 29.7 Å². The Kier molecular flexibility index (Phi) is 5.17. The van der Waals surface area contributed by atoms with Crippen molar-refractivity contribution in [3.8, 4) is 16.9 Å². The molecule has 0 bridgehead atoms. The highest BCUT2D eigenvalue weighted by Gasteiger charge is 2.66. The summed E-state index contributed by atoms with van der Waals surface area (Å²) in [5, 5.41) is 44.4. The molecule has 0 spiro atoms. The lowest BCUT2D eigenvalue weighted by Crippen LogP contribution is -2.71. The van der Waals surface area contributed by atoms with Gasteiger partial charge in [0.05, 0.1) is 24.2 Å². The van der Waals surface area contributed by atoms with Gasteiger partial charge in [0, 0.05) is 23.1 Å². The van der Waals surface area contributed by atoms with Gasteiger partial charge in [0.2, 0.25) is 5.91 Å². The zero-order valence-corrected chi connectivity index (χ0v) is 19.1. The second kappa shape index (κ2) is 7.77. The van der Waals surface area contributed by atoms with E-state index >= 15 is 0 Å². The average Bonchev–Trinajstić information content (AvgIpc) is 3.30. The number of furan rings is 1. The Labute approximate surface area is 200 Å². The number of phenols is 1. The summed E-state index contributed by atoms with van der Waals surface area (Å²) in [6, 6.07) is 3.86. The lowest BCUT2D eigenvalue weighted by molar-refractivity contribution is -0.178. The van der Waals surface area contributed by atoms with Crippen molar-refractivity contribution in [1.82, 2.24) is 4.90 Å². The molecule has 1 aromatic heterocycles. The average molecular weight is 482 g/mol. The first kappa shape index (κ1) is 23.3. The molecule has 184 valence electrons. The van der Waals surface area contributed by atoms with Crippen molar-refractivity contribution >= 4 is 17.5 Å². The number of aromatic hydroxyl groups is 1. The molecule has 1 saturated carbocycles. The number of nitrogens with two attached hydrogens (primary N) is 1. The van der Waals surface area contributed by atoms with Crippen molar-refractivity contribution in [2.24, 2.45) is 23.5 Å². The Bertz CT molecular complexity index is 1280. The first-order valence-corrected chi connectivity index (χ1v) is 11.3. The standard InChI is InChI=1S/C25H26N2O8/c1-27(2)19-14-8-11-7-13-12(10-5-6-35-9-10)3-4-15(28)17(13)20(29)16(11)22(31)25(14,34)23(32)18(21(19)30)24(26)33/h3-6,9,11,14,18-19,21,28,30-31,34H,7-8H2,1-2H3,(H2,26,33)/t11-,14-,18?,19-,21?,25-/m0/s1. The van der Waals surface area contributed by atoms with Crippen molar-refractivity contribution in [1.29, 1.82) is 0 Å². The van der Waals surface area contributed by atoms with Gasteiger partial charge in [-0.2, -0.15) is 0 Å². The summed E-state index contributed by atoms with van der Waals surface area (Å²) in [5.41, 5.74) is 4.53. The number of hydrogen-bond donors (Lipinski definition) is 5. The fourth-order valence-corrected chi connectivity index (χ4v) is 6.29. The largest absolute Gasteiger partial charge is 0.508 e. The number of primary amides is 1. The number of Topliss-reactive ketones (excluding diaryl/α,β-unsaturated/α-hetero) is 2. The normalized spacial score (nSPS) is 32.3. The first-order chi connectivity index (χ1) is 16.5. The predicted molar refractivity (Wildman–Crippen MR) is 121 cm³/mol. The van der Waals surface area contributed by atoms with Gasteiger partial charge in [0.15, 0.2) is 17.2 Å². The van der Waals surface area contributed by atoms with Crippen LogP contribution < -0.4 is 5.73 Å². The molecule has 0 saturated heterocycles. The van der Waals surface area contributed by atoms with Crippen LogP contribution in [0.3, 0.4) is 0 Å². The van der Waals surface area contributed by atoms with E-state index in [1.807, 2.05) is 0 Å². The summed E-state index contributed by atoms with van der Waals surface area (Å²) in [5.74, 6) is -7.53. The molecule has 0 radical (unpaired) electrons. The second-order valence-electron chi connectivity index (χ2n) is 9.79. The van der Waals surface area contributed by atoms with E-state index < -0.39 is 58.7 Å². The van der Waals surface area contributed by atoms with Crippen LogP contribution in [0.2, 0.25) is 0 Å². The fourth-order valence-electron chi connectivity index (χ4n) is 6.29. The summed E-state index contributed by atoms with van der Waals surface area (Å²) in [4.78, 5) is 40.6. The Morgan fingerprint density at radius 3 is 2.51 bits per heavy atom. The maximum absolute atomic E-state index is 13.6. The fraction of sp³-hybridized carbons (Fsp3) is 0.400. The summed E-state index contributed by atoms with van der Waals surface area (Å²) in [7, 11) is 3.24. The molecule has 35 heavy (non-hydrogen) atoms. The zero-order valence-electron chi connectivity index (χ0n) is 19.1. The van der Waals surface area contributed by atoms with Gasteiger partial charge in [0.25, 0.3) is 0 Å². The molecule has 1 fully saturated rings. The number of phenolic OH excluding ortho intramolecular Hbond substituents is 1. The van der Waals surface area contributed by atoms with Crippen LogP contribution in [-0.2, 0) is 16.0 Å². The van der Waals surface area contributed by atoms with Crippen LogP contribution in [0.15, 0.2) is 46.5 Å². The number of allylic oxidation sites excluding steroid dienone is 1. The van der Waals surface area contributed by atoms with Crippen molar-refractivity contribution < 1.29 is 39.2 Å². The minimum Gasteiger partial charge on any atom is -0.508 e. The van der Waals surface area contributed by atoms with Crippen LogP contribution in [0.5, 0.6) is 5.75 Å². The van der Waals surface area contributed by atoms with Gasteiger partial charge in [-0.3, -0.25) is 14.4 Å². The van der Waals surface area contributed by atoms with Gasteiger partial charge < -0.3 is 35.5 Å². The number of carbonyl (C=O) groups excluding carboxylic acids is 3. The van der Waals surface area contributed by atoms with Gasteiger partial charge in [-0.05, 0) is 56.1 Å². The van der Waals surface area contributed by atoms with Crippen LogP contribution in [0.25, 0.3) is 11.1 Å². The molecular weight excluding hydrogens is 456 g/mol. The zero-order chi connectivity index (χ0) is 25.4. The molecule has 2 unspecified atom stereocenters. The Balaban J connectivity index is 1.72. The lowest BCUT2D eigenvalue weighted by atomic mass is 9.55. The van der Waals surface area contributed by atoms with Crippen LogP contribution in [0, 0.1) is 17.8 Å². The molecule has 10 heteroatoms. The number of aliphatic hydroxyl groups excluding tert-OH is 2. The Hall–Kier alpha value is -3.47. The van der Waals surface area contributed by atoms with Crippen LogP contribution in [-0.4, -0.2) is 74.6 Å². The maximum Gasteiger partial charge on any atom is 0.230 e. The molecule has 6 atom stereocenters. The van der Waals surface area contributed by atoms with Crippen LogP contribution >= 0.6 is 0 Å². The van der Waals surface area contributed by atoms with Crippen molar-refractivity contribution in [3.63, 3.8) is 0 Å². The number of carbonyl (C=O) groups is 3. The number of benzene rings is 1. The predicted octanol–water partition coefficient (Wildman–Crippen LogP) is 0.546. The van der Waals surface area contributed by atoms with Crippen LogP contribution in [0.4, 0.5) is 0 Å². The first-order valence-electron chi connectivity index (χ1n) is 11.3. The number of rotatable bonds is 3. The molecule has 10 nitrogen and oxygen atoms in total. The van der Waals surface area contributed by atoms with E-state index in [0.29, 0.717) is 16.7 Å². The molecule has 1 amide bonds. The van der Waals surface area contributed by atoms with Gasteiger partial charge in [0.1, 0.15) is 17.4 Å². The summed E-state index contributed by atoms with van der Waals surface area (Å²) in [6.45, 7) is 0. The summed E-state index contributed by atoms with van der Waals surface area (Å²) < 4.78 is 5.18. The van der Waals surface area contributed by atoms with Gasteiger partial charge in [-0.1, -0.05) is 6.07 Å². The van der Waals surface area contributed by atoms with Gasteiger partial charge in [-0.15, -0.1) is 0 Å². The highest BCUT2D eigenvalue weighted by Crippen LogP contribution is 2.53. The van der Waals surface area contributed by atoms with E-state index in [0.717, 1.165) is 0 Å². The minimum atomic E-state index is -2.59. The highest BCUT2D eigenvalue weighted by molar-refractivity contribution is 6.16. The SMILES string of the molecule is CN(C)[C@@H]1C(O)C(C(N)=O)C(=O)[C@@]2(O)C(O)=C3C(=O)c4c(O)ccc(-c5ccoc5)c4C[C@H]3C[C@@H]12. The Morgan fingerprint density at radius 2 is 1.91 bits per heavy atom. The summed E-state index contributed by atoms with van der Waals surface area (Å²) >= 11 is 0. The molecule has 0 aliphatic heterocycles. The quantitative estimate of drug-likeness (QED) is 0.391. The van der Waals surface area contributed by atoms with E-state index in [1.54, 1.807) is 31.1 Å². The number of ketones is 2.